The zero-order chi connectivity index (χ0) is 19.1. The lowest BCUT2D eigenvalue weighted by atomic mass is 10.0. The maximum Gasteiger partial charge on any atom is 0.191 e. The van der Waals surface area contributed by atoms with Crippen LogP contribution in [0.3, 0.4) is 0 Å². The molecular formula is C20H37N5S. The number of nitrogens with zero attached hydrogens (tertiary/aromatic N) is 3. The third kappa shape index (κ3) is 6.56. The van der Waals surface area contributed by atoms with Gasteiger partial charge in [0.15, 0.2) is 5.96 Å². The average Bonchev–Trinajstić information content (AvgIpc) is 2.99. The second-order valence-electron chi connectivity index (χ2n) is 7.87. The molecule has 1 fully saturated rings. The van der Waals surface area contributed by atoms with Crippen LogP contribution in [0.15, 0.2) is 17.1 Å². The fraction of sp³-hybridized carbons (Fsp3) is 0.750. The van der Waals surface area contributed by atoms with E-state index < -0.39 is 0 Å². The molecule has 6 heteroatoms. The first-order valence-corrected chi connectivity index (χ1v) is 10.7. The van der Waals surface area contributed by atoms with E-state index in [1.54, 1.807) is 0 Å². The lowest BCUT2D eigenvalue weighted by Gasteiger charge is -2.40. The Morgan fingerprint density at radius 3 is 2.42 bits per heavy atom. The first-order chi connectivity index (χ1) is 12.4. The van der Waals surface area contributed by atoms with Gasteiger partial charge in [0, 0.05) is 68.0 Å². The van der Waals surface area contributed by atoms with Gasteiger partial charge in [-0.1, -0.05) is 13.8 Å². The third-order valence-electron chi connectivity index (χ3n) is 5.17. The summed E-state index contributed by atoms with van der Waals surface area (Å²) in [6, 6.07) is 5.33. The van der Waals surface area contributed by atoms with Crippen molar-refractivity contribution in [3.63, 3.8) is 0 Å². The monoisotopic (exact) mass is 379 g/mol. The Bertz CT molecular complexity index is 560. The quantitative estimate of drug-likeness (QED) is 0.564. The number of guanidine groups is 1. The summed E-state index contributed by atoms with van der Waals surface area (Å²) in [5.41, 5.74) is 0. The molecule has 2 rings (SSSR count). The van der Waals surface area contributed by atoms with Gasteiger partial charge in [0.05, 0.1) is 0 Å². The van der Waals surface area contributed by atoms with E-state index in [4.69, 9.17) is 0 Å². The molecule has 2 heterocycles. The van der Waals surface area contributed by atoms with Crippen LogP contribution in [0, 0.1) is 12.8 Å². The molecule has 0 amide bonds. The van der Waals surface area contributed by atoms with Crippen LogP contribution in [0.25, 0.3) is 0 Å². The van der Waals surface area contributed by atoms with E-state index in [9.17, 15) is 0 Å². The van der Waals surface area contributed by atoms with Gasteiger partial charge in [0.2, 0.25) is 0 Å². The van der Waals surface area contributed by atoms with Crippen LogP contribution in [-0.2, 0) is 6.42 Å². The second kappa shape index (κ2) is 10.3. The van der Waals surface area contributed by atoms with Crippen LogP contribution in [-0.4, -0.2) is 74.7 Å². The summed E-state index contributed by atoms with van der Waals surface area (Å²) < 4.78 is 0. The number of likely N-dealkylation sites (N-methyl/N-ethyl adjacent to an activating group) is 1. The lowest BCUT2D eigenvalue weighted by Crippen LogP contribution is -2.55. The molecule has 1 aromatic rings. The van der Waals surface area contributed by atoms with E-state index in [2.05, 4.69) is 72.3 Å². The Balaban J connectivity index is 1.83. The Hall–Kier alpha value is -1.11. The highest BCUT2D eigenvalue weighted by atomic mass is 32.1. The van der Waals surface area contributed by atoms with Gasteiger partial charge in [-0.25, -0.2) is 0 Å². The number of aliphatic imine (C=N–C) groups is 1. The first-order valence-electron chi connectivity index (χ1n) is 9.84. The molecule has 1 aliphatic heterocycles. The van der Waals surface area contributed by atoms with Gasteiger partial charge < -0.3 is 15.5 Å². The van der Waals surface area contributed by atoms with E-state index >= 15 is 0 Å². The normalized spacial score (nSPS) is 19.6. The van der Waals surface area contributed by atoms with Crippen LogP contribution in [0.2, 0.25) is 0 Å². The molecule has 0 aromatic carbocycles. The van der Waals surface area contributed by atoms with Crippen molar-refractivity contribution < 1.29 is 0 Å². The fourth-order valence-electron chi connectivity index (χ4n) is 3.52. The molecule has 0 saturated carbocycles. The largest absolute Gasteiger partial charge is 0.355 e. The van der Waals surface area contributed by atoms with Crippen LogP contribution < -0.4 is 10.6 Å². The second-order valence-corrected chi connectivity index (χ2v) is 9.24. The van der Waals surface area contributed by atoms with Crippen LogP contribution in [0.1, 0.15) is 30.5 Å². The lowest BCUT2D eigenvalue weighted by molar-refractivity contribution is 0.0900. The molecule has 1 aliphatic rings. The number of piperazine rings is 1. The zero-order valence-corrected chi connectivity index (χ0v) is 18.2. The Labute approximate surface area is 163 Å². The maximum absolute atomic E-state index is 4.43. The van der Waals surface area contributed by atoms with E-state index in [0.717, 1.165) is 45.1 Å². The fourth-order valence-corrected chi connectivity index (χ4v) is 4.54. The van der Waals surface area contributed by atoms with Crippen LogP contribution in [0.4, 0.5) is 0 Å². The summed E-state index contributed by atoms with van der Waals surface area (Å²) in [7, 11) is 4.07. The Kier molecular flexibility index (Phi) is 8.38. The minimum atomic E-state index is 0.361. The molecule has 0 spiro atoms. The topological polar surface area (TPSA) is 42.9 Å². The highest BCUT2D eigenvalue weighted by Crippen LogP contribution is 2.17. The van der Waals surface area contributed by atoms with E-state index in [1.165, 1.54) is 9.75 Å². The number of nitrogens with one attached hydrogen (secondary N) is 2. The molecule has 2 N–H and O–H groups in total. The predicted octanol–water partition coefficient (Wildman–Crippen LogP) is 2.42. The van der Waals surface area contributed by atoms with E-state index in [1.807, 2.05) is 18.4 Å². The standard InChI is InChI=1S/C20H37N5S/c1-15(2)19(25-11-9-24(6)10-12-25)14-22-20(21-5)23-16(3)13-18-8-7-17(4)26-18/h7-8,15-16,19H,9-14H2,1-6H3,(H2,21,22,23). The summed E-state index contributed by atoms with van der Waals surface area (Å²) in [4.78, 5) is 12.3. The highest BCUT2D eigenvalue weighted by molar-refractivity contribution is 7.11. The van der Waals surface area contributed by atoms with Gasteiger partial charge in [0.25, 0.3) is 0 Å². The van der Waals surface area contributed by atoms with Gasteiger partial charge >= 0.3 is 0 Å². The zero-order valence-electron chi connectivity index (χ0n) is 17.4. The molecule has 1 aromatic heterocycles. The summed E-state index contributed by atoms with van der Waals surface area (Å²) in [5, 5.41) is 7.12. The van der Waals surface area contributed by atoms with E-state index in [-0.39, 0.29) is 0 Å². The van der Waals surface area contributed by atoms with E-state index in [0.29, 0.717) is 18.0 Å². The summed E-state index contributed by atoms with van der Waals surface area (Å²) in [6.45, 7) is 14.6. The van der Waals surface area contributed by atoms with Crippen molar-refractivity contribution in [2.45, 2.75) is 46.2 Å². The minimum absolute atomic E-state index is 0.361. The van der Waals surface area contributed by atoms with Gasteiger partial charge in [-0.15, -0.1) is 11.3 Å². The molecule has 0 aliphatic carbocycles. The molecule has 2 atom stereocenters. The number of thiophene rings is 1. The molecular weight excluding hydrogens is 342 g/mol. The molecule has 26 heavy (non-hydrogen) atoms. The first kappa shape index (κ1) is 21.2. The molecule has 1 saturated heterocycles. The van der Waals surface area contributed by atoms with Gasteiger partial charge in [-0.05, 0) is 38.9 Å². The van der Waals surface area contributed by atoms with Gasteiger partial charge in [0.1, 0.15) is 0 Å². The van der Waals surface area contributed by atoms with Crippen molar-refractivity contribution in [3.05, 3.63) is 21.9 Å². The number of hydrogen-bond donors (Lipinski definition) is 2. The summed E-state index contributed by atoms with van der Waals surface area (Å²) >= 11 is 1.88. The van der Waals surface area contributed by atoms with Crippen molar-refractivity contribution >= 4 is 17.3 Å². The molecule has 148 valence electrons. The number of aryl methyl sites for hydroxylation is 1. The Morgan fingerprint density at radius 1 is 1.19 bits per heavy atom. The average molecular weight is 380 g/mol. The minimum Gasteiger partial charge on any atom is -0.355 e. The maximum atomic E-state index is 4.43. The predicted molar refractivity (Wildman–Crippen MR) is 114 cm³/mol. The third-order valence-corrected chi connectivity index (χ3v) is 6.19. The van der Waals surface area contributed by atoms with Crippen molar-refractivity contribution in [1.82, 2.24) is 20.4 Å². The van der Waals surface area contributed by atoms with Crippen molar-refractivity contribution in [3.8, 4) is 0 Å². The number of hydrogen-bond acceptors (Lipinski definition) is 4. The SMILES string of the molecule is CN=C(NCC(C(C)C)N1CCN(C)CC1)NC(C)Cc1ccc(C)s1. The summed E-state index contributed by atoms with van der Waals surface area (Å²) in [5.74, 6) is 1.53. The number of rotatable bonds is 7. The highest BCUT2D eigenvalue weighted by Gasteiger charge is 2.25. The smallest absolute Gasteiger partial charge is 0.191 e. The van der Waals surface area contributed by atoms with Crippen molar-refractivity contribution in [1.29, 1.82) is 0 Å². The molecule has 0 bridgehead atoms. The van der Waals surface area contributed by atoms with Gasteiger partial charge in [-0.2, -0.15) is 0 Å². The van der Waals surface area contributed by atoms with Gasteiger partial charge in [-0.3, -0.25) is 9.89 Å². The van der Waals surface area contributed by atoms with Crippen LogP contribution >= 0.6 is 11.3 Å². The molecule has 2 unspecified atom stereocenters. The Morgan fingerprint density at radius 2 is 1.88 bits per heavy atom. The van der Waals surface area contributed by atoms with Crippen LogP contribution in [0.5, 0.6) is 0 Å². The molecule has 0 radical (unpaired) electrons. The van der Waals surface area contributed by atoms with Crippen molar-refractivity contribution in [2.75, 3.05) is 46.8 Å². The van der Waals surface area contributed by atoms with Crippen molar-refractivity contribution in [2.24, 2.45) is 10.9 Å². The summed E-state index contributed by atoms with van der Waals surface area (Å²) in [6.07, 6.45) is 1.03. The molecule has 5 nitrogen and oxygen atoms in total.